The molecule has 1 N–H and O–H groups in total. The van der Waals surface area contributed by atoms with Crippen LogP contribution in [0.4, 0.5) is 0 Å². The summed E-state index contributed by atoms with van der Waals surface area (Å²) in [6, 6.07) is 0. The van der Waals surface area contributed by atoms with Crippen molar-refractivity contribution in [3.63, 3.8) is 0 Å². The van der Waals surface area contributed by atoms with Gasteiger partial charge in [0.05, 0.1) is 10.2 Å². The molecule has 5 fully saturated rings. The molecule has 1 aliphatic heterocycles. The molecule has 1 spiro atoms. The summed E-state index contributed by atoms with van der Waals surface area (Å²) in [5.74, 6) is 6.45. The maximum absolute atomic E-state index is 10.6. The van der Waals surface area contributed by atoms with Crippen molar-refractivity contribution in [1.82, 2.24) is 0 Å². The number of aliphatic hydroxyl groups excluding tert-OH is 1. The number of hydrogen-bond donors (Lipinski definition) is 1. The van der Waals surface area contributed by atoms with Gasteiger partial charge in [0.1, 0.15) is 0 Å². The molecule has 0 radical (unpaired) electrons. The van der Waals surface area contributed by atoms with E-state index >= 15 is 0 Å². The van der Waals surface area contributed by atoms with Gasteiger partial charge in [-0.05, 0) is 110 Å². The second kappa shape index (κ2) is 6.08. The molecule has 5 rings (SSSR count). The minimum atomic E-state index is -0.0198. The quantitative estimate of drug-likeness (QED) is 0.560. The Morgan fingerprint density at radius 3 is 2.36 bits per heavy atom. The molecule has 0 aromatic heterocycles. The monoisotopic (exact) mass is 380 g/mol. The van der Waals surface area contributed by atoms with Gasteiger partial charge >= 0.3 is 0 Å². The highest BCUT2D eigenvalue weighted by molar-refractivity contribution is 8.18. The fourth-order valence-corrected chi connectivity index (χ4v) is 11.5. The molecule has 1 heterocycles. The summed E-state index contributed by atoms with van der Waals surface area (Å²) in [6.07, 6.45) is 13.8. The van der Waals surface area contributed by atoms with Crippen LogP contribution in [0, 0.1) is 34.5 Å². The van der Waals surface area contributed by atoms with Gasteiger partial charge in [0.15, 0.2) is 0 Å². The summed E-state index contributed by atoms with van der Waals surface area (Å²) in [6.45, 7) is 5.11. The number of hydrogen-bond acceptors (Lipinski definition) is 3. The lowest BCUT2D eigenvalue weighted by Crippen LogP contribution is -2.55. The van der Waals surface area contributed by atoms with Gasteiger partial charge in [-0.3, -0.25) is 0 Å². The summed E-state index contributed by atoms with van der Waals surface area (Å²) >= 11 is 4.63. The Morgan fingerprint density at radius 1 is 0.800 bits per heavy atom. The van der Waals surface area contributed by atoms with Crippen LogP contribution in [0.25, 0.3) is 0 Å². The van der Waals surface area contributed by atoms with Crippen molar-refractivity contribution in [3.8, 4) is 0 Å². The summed E-state index contributed by atoms with van der Waals surface area (Å²) in [4.78, 5) is 0. The Balaban J connectivity index is 1.39. The van der Waals surface area contributed by atoms with E-state index in [1.165, 1.54) is 69.3 Å². The van der Waals surface area contributed by atoms with Crippen molar-refractivity contribution in [2.45, 2.75) is 88.2 Å². The number of fused-ring (bicyclic) bond motifs is 5. The average Bonchev–Trinajstić information content (AvgIpc) is 2.92. The van der Waals surface area contributed by atoms with Gasteiger partial charge in [-0.25, -0.2) is 0 Å². The zero-order chi connectivity index (χ0) is 17.3. The van der Waals surface area contributed by atoms with Gasteiger partial charge in [-0.15, -0.1) is 23.5 Å². The molecule has 0 aromatic carbocycles. The van der Waals surface area contributed by atoms with Gasteiger partial charge < -0.3 is 5.11 Å². The maximum Gasteiger partial charge on any atom is 0.0614 e. The zero-order valence-corrected chi connectivity index (χ0v) is 17.8. The molecular formula is C22H36OS2. The fourth-order valence-electron chi connectivity index (χ4n) is 8.05. The van der Waals surface area contributed by atoms with Gasteiger partial charge in [-0.2, -0.15) is 0 Å². The largest absolute Gasteiger partial charge is 0.393 e. The van der Waals surface area contributed by atoms with Gasteiger partial charge in [0.25, 0.3) is 0 Å². The molecule has 0 aromatic rings. The zero-order valence-electron chi connectivity index (χ0n) is 16.1. The normalized spacial score (nSPS) is 54.6. The third kappa shape index (κ3) is 2.54. The highest BCUT2D eigenvalue weighted by Crippen LogP contribution is 2.69. The van der Waals surface area contributed by atoms with E-state index in [1.54, 1.807) is 0 Å². The van der Waals surface area contributed by atoms with Crippen molar-refractivity contribution in [2.75, 3.05) is 11.5 Å². The smallest absolute Gasteiger partial charge is 0.0614 e. The lowest BCUT2D eigenvalue weighted by molar-refractivity contribution is -0.121. The van der Waals surface area contributed by atoms with Crippen LogP contribution in [0.1, 0.15) is 78.1 Å². The fraction of sp³-hybridized carbons (Fsp3) is 1.00. The Bertz CT molecular complexity index is 530. The van der Waals surface area contributed by atoms with E-state index in [0.29, 0.717) is 9.49 Å². The van der Waals surface area contributed by atoms with Crippen LogP contribution in [-0.4, -0.2) is 26.8 Å². The Morgan fingerprint density at radius 2 is 1.56 bits per heavy atom. The van der Waals surface area contributed by atoms with Gasteiger partial charge in [-0.1, -0.05) is 13.8 Å². The second-order valence-corrected chi connectivity index (χ2v) is 13.7. The predicted octanol–water partition coefficient (Wildman–Crippen LogP) is 5.96. The summed E-state index contributed by atoms with van der Waals surface area (Å²) in [5, 5.41) is 10.6. The van der Waals surface area contributed by atoms with E-state index in [-0.39, 0.29) is 11.5 Å². The van der Waals surface area contributed by atoms with Crippen LogP contribution in [-0.2, 0) is 0 Å². The van der Waals surface area contributed by atoms with Crippen LogP contribution < -0.4 is 0 Å². The Kier molecular flexibility index (Phi) is 4.31. The van der Waals surface area contributed by atoms with E-state index in [2.05, 4.69) is 37.4 Å². The van der Waals surface area contributed by atoms with Crippen LogP contribution in [0.15, 0.2) is 0 Å². The van der Waals surface area contributed by atoms with Crippen LogP contribution in [0.2, 0.25) is 0 Å². The molecular weight excluding hydrogens is 344 g/mol. The van der Waals surface area contributed by atoms with Crippen molar-refractivity contribution in [2.24, 2.45) is 34.5 Å². The van der Waals surface area contributed by atoms with E-state index in [1.807, 2.05) is 0 Å². The van der Waals surface area contributed by atoms with Crippen molar-refractivity contribution >= 4 is 23.5 Å². The summed E-state index contributed by atoms with van der Waals surface area (Å²) in [5.41, 5.74) is 0.844. The van der Waals surface area contributed by atoms with Crippen molar-refractivity contribution in [1.29, 1.82) is 0 Å². The first kappa shape index (κ1) is 17.7. The summed E-state index contributed by atoms with van der Waals surface area (Å²) in [7, 11) is 0. The minimum absolute atomic E-state index is 0.0198. The molecule has 4 aliphatic carbocycles. The van der Waals surface area contributed by atoms with E-state index in [9.17, 15) is 5.11 Å². The lowest BCUT2D eigenvalue weighted by atomic mass is 9.45. The lowest BCUT2D eigenvalue weighted by Gasteiger charge is -2.62. The maximum atomic E-state index is 10.6. The third-order valence-electron chi connectivity index (χ3n) is 9.64. The average molecular weight is 381 g/mol. The second-order valence-electron chi connectivity index (χ2n) is 10.5. The standard InChI is InChI=1S/C22H36OS2/c1-20-10-11-22(24-12-3-13-25-22)14-15(20)4-5-16-17-6-7-19(23)21(17,2)9-8-18(16)20/h15-19,23H,3-14H2,1-2H3. The highest BCUT2D eigenvalue weighted by Gasteiger charge is 2.61. The first-order chi connectivity index (χ1) is 12.0. The minimum Gasteiger partial charge on any atom is -0.393 e. The first-order valence-corrected chi connectivity index (χ1v) is 12.9. The van der Waals surface area contributed by atoms with E-state index in [4.69, 9.17) is 0 Å². The first-order valence-electron chi connectivity index (χ1n) is 10.9. The molecule has 7 atom stereocenters. The molecule has 142 valence electrons. The molecule has 1 nitrogen and oxygen atoms in total. The number of rotatable bonds is 0. The van der Waals surface area contributed by atoms with E-state index in [0.717, 1.165) is 30.1 Å². The van der Waals surface area contributed by atoms with Crippen molar-refractivity contribution in [3.05, 3.63) is 0 Å². The van der Waals surface area contributed by atoms with Crippen LogP contribution in [0.3, 0.4) is 0 Å². The molecule has 0 amide bonds. The van der Waals surface area contributed by atoms with Gasteiger partial charge in [0.2, 0.25) is 0 Å². The SMILES string of the molecule is CC12CCC3C(CCC4CC5(CCC43C)SCCCS5)C1CCC2O. The molecule has 4 saturated carbocycles. The van der Waals surface area contributed by atoms with Gasteiger partial charge in [0, 0.05) is 0 Å². The molecule has 7 unspecified atom stereocenters. The third-order valence-corrected chi connectivity index (χ3v) is 13.1. The molecule has 25 heavy (non-hydrogen) atoms. The Labute approximate surface area is 162 Å². The summed E-state index contributed by atoms with van der Waals surface area (Å²) < 4.78 is 0.585. The van der Waals surface area contributed by atoms with Crippen LogP contribution >= 0.6 is 23.5 Å². The molecule has 0 bridgehead atoms. The number of thioether (sulfide) groups is 2. The topological polar surface area (TPSA) is 20.2 Å². The van der Waals surface area contributed by atoms with Crippen LogP contribution in [0.5, 0.6) is 0 Å². The molecule has 1 saturated heterocycles. The van der Waals surface area contributed by atoms with E-state index < -0.39 is 0 Å². The number of aliphatic hydroxyl groups is 1. The highest BCUT2D eigenvalue weighted by atomic mass is 32.2. The van der Waals surface area contributed by atoms with Crippen molar-refractivity contribution < 1.29 is 5.11 Å². The molecule has 5 aliphatic rings. The Hall–Kier alpha value is 0.660. The predicted molar refractivity (Wildman–Crippen MR) is 110 cm³/mol. The molecule has 3 heteroatoms.